The number of methoxy groups -OCH3 is 1. The number of benzene rings is 1. The van der Waals surface area contributed by atoms with Crippen molar-refractivity contribution in [3.63, 3.8) is 0 Å². The van der Waals surface area contributed by atoms with Gasteiger partial charge in [-0.3, -0.25) is 9.59 Å². The van der Waals surface area contributed by atoms with Gasteiger partial charge >= 0.3 is 0 Å². The normalized spacial score (nSPS) is 13.0. The predicted octanol–water partition coefficient (Wildman–Crippen LogP) is 2.54. The monoisotopic (exact) mass is 316 g/mol. The van der Waals surface area contributed by atoms with Gasteiger partial charge in [0.25, 0.3) is 5.91 Å². The van der Waals surface area contributed by atoms with Crippen molar-refractivity contribution in [2.75, 3.05) is 30.5 Å². The molecule has 1 aromatic heterocycles. The third-order valence-corrected chi connectivity index (χ3v) is 4.37. The molecule has 1 aliphatic rings. The number of carbonyl (C=O) groups excluding carboxylic acids is 2. The molecule has 0 atom stereocenters. The van der Waals surface area contributed by atoms with Crippen LogP contribution in [0.4, 0.5) is 11.4 Å². The van der Waals surface area contributed by atoms with Crippen LogP contribution in [0.25, 0.3) is 0 Å². The Morgan fingerprint density at radius 2 is 2.23 bits per heavy atom. The molecule has 2 aromatic rings. The van der Waals surface area contributed by atoms with E-state index < -0.39 is 0 Å². The molecule has 0 spiro atoms. The van der Waals surface area contributed by atoms with Crippen LogP contribution >= 0.6 is 11.3 Å². The third-order valence-electron chi connectivity index (χ3n) is 3.51. The highest BCUT2D eigenvalue weighted by Gasteiger charge is 2.26. The van der Waals surface area contributed by atoms with Gasteiger partial charge in [-0.25, -0.2) is 0 Å². The van der Waals surface area contributed by atoms with E-state index in [9.17, 15) is 9.59 Å². The third kappa shape index (κ3) is 2.88. The Hall–Kier alpha value is -2.18. The van der Waals surface area contributed by atoms with E-state index in [-0.39, 0.29) is 18.4 Å². The first-order valence-electron chi connectivity index (χ1n) is 6.96. The molecule has 114 valence electrons. The van der Waals surface area contributed by atoms with Crippen LogP contribution in [0.1, 0.15) is 15.2 Å². The fraction of sp³-hybridized carbons (Fsp3) is 0.250. The number of nitrogens with one attached hydrogen (secondary N) is 1. The summed E-state index contributed by atoms with van der Waals surface area (Å²) in [4.78, 5) is 26.5. The molecule has 0 saturated carbocycles. The van der Waals surface area contributed by atoms with Gasteiger partial charge < -0.3 is 15.0 Å². The van der Waals surface area contributed by atoms with Crippen molar-refractivity contribution in [2.24, 2.45) is 0 Å². The van der Waals surface area contributed by atoms with E-state index in [0.717, 1.165) is 28.2 Å². The summed E-state index contributed by atoms with van der Waals surface area (Å²) < 4.78 is 4.79. The number of carbonyl (C=O) groups is 2. The van der Waals surface area contributed by atoms with Crippen LogP contribution in [-0.2, 0) is 16.0 Å². The van der Waals surface area contributed by atoms with Crippen molar-refractivity contribution in [1.29, 1.82) is 0 Å². The van der Waals surface area contributed by atoms with E-state index in [2.05, 4.69) is 5.32 Å². The van der Waals surface area contributed by atoms with Crippen LogP contribution in [0.5, 0.6) is 0 Å². The zero-order valence-electron chi connectivity index (χ0n) is 12.2. The molecule has 1 aromatic carbocycles. The number of ether oxygens (including phenoxy) is 1. The van der Waals surface area contributed by atoms with Gasteiger partial charge in [0.1, 0.15) is 6.61 Å². The fourth-order valence-electron chi connectivity index (χ4n) is 2.55. The SMILES string of the molecule is COCC(=O)Nc1ccc2c(c1)CCN2C(=O)c1cccs1. The van der Waals surface area contributed by atoms with E-state index >= 15 is 0 Å². The van der Waals surface area contributed by atoms with Crippen molar-refractivity contribution in [1.82, 2.24) is 0 Å². The first-order valence-corrected chi connectivity index (χ1v) is 7.84. The second-order valence-corrected chi connectivity index (χ2v) is 5.96. The Bertz CT molecular complexity index is 697. The van der Waals surface area contributed by atoms with E-state index in [1.807, 2.05) is 35.7 Å². The number of thiophene rings is 1. The average molecular weight is 316 g/mol. The number of nitrogens with zero attached hydrogens (tertiary/aromatic N) is 1. The molecule has 22 heavy (non-hydrogen) atoms. The average Bonchev–Trinajstić information content (AvgIpc) is 3.16. The highest BCUT2D eigenvalue weighted by Crippen LogP contribution is 2.32. The maximum Gasteiger partial charge on any atom is 0.268 e. The molecule has 3 rings (SSSR count). The summed E-state index contributed by atoms with van der Waals surface area (Å²) in [5.74, 6) is -0.156. The van der Waals surface area contributed by atoms with E-state index in [1.165, 1.54) is 18.4 Å². The molecule has 2 amide bonds. The number of hydrogen-bond donors (Lipinski definition) is 1. The molecule has 0 aliphatic carbocycles. The lowest BCUT2D eigenvalue weighted by atomic mass is 10.1. The zero-order chi connectivity index (χ0) is 15.5. The highest BCUT2D eigenvalue weighted by molar-refractivity contribution is 7.12. The number of hydrogen-bond acceptors (Lipinski definition) is 4. The Labute approximate surface area is 132 Å². The second kappa shape index (κ2) is 6.29. The Morgan fingerprint density at radius 3 is 2.95 bits per heavy atom. The fourth-order valence-corrected chi connectivity index (χ4v) is 3.22. The van der Waals surface area contributed by atoms with Gasteiger partial charge in [0.05, 0.1) is 4.88 Å². The summed E-state index contributed by atoms with van der Waals surface area (Å²) in [6.45, 7) is 0.696. The first kappa shape index (κ1) is 14.7. The standard InChI is InChI=1S/C16H16N2O3S/c1-21-10-15(19)17-12-4-5-13-11(9-12)6-7-18(13)16(20)14-3-2-8-22-14/h2-5,8-9H,6-7,10H2,1H3,(H,17,19). The summed E-state index contributed by atoms with van der Waals surface area (Å²) in [6.07, 6.45) is 0.792. The molecule has 1 aliphatic heterocycles. The van der Waals surface area contributed by atoms with Gasteiger partial charge in [0, 0.05) is 25.0 Å². The van der Waals surface area contributed by atoms with Gasteiger partial charge in [-0.05, 0) is 41.6 Å². The summed E-state index contributed by atoms with van der Waals surface area (Å²) in [7, 11) is 1.48. The molecule has 2 heterocycles. The molecule has 6 heteroatoms. The number of rotatable bonds is 4. The van der Waals surface area contributed by atoms with Crippen LogP contribution in [0, 0.1) is 0 Å². The first-order chi connectivity index (χ1) is 10.7. The lowest BCUT2D eigenvalue weighted by molar-refractivity contribution is -0.119. The van der Waals surface area contributed by atoms with Crippen LogP contribution < -0.4 is 10.2 Å². The topological polar surface area (TPSA) is 58.6 Å². The van der Waals surface area contributed by atoms with Crippen LogP contribution in [-0.4, -0.2) is 32.1 Å². The predicted molar refractivity (Wildman–Crippen MR) is 86.6 cm³/mol. The van der Waals surface area contributed by atoms with Gasteiger partial charge in [-0.2, -0.15) is 0 Å². The van der Waals surface area contributed by atoms with Crippen LogP contribution in [0.15, 0.2) is 35.7 Å². The summed E-state index contributed by atoms with van der Waals surface area (Å²) >= 11 is 1.45. The molecule has 0 saturated heterocycles. The Balaban J connectivity index is 1.78. The van der Waals surface area contributed by atoms with E-state index in [4.69, 9.17) is 4.74 Å². The van der Waals surface area contributed by atoms with Gasteiger partial charge in [0.2, 0.25) is 5.91 Å². The number of amides is 2. The number of anilines is 2. The molecule has 0 fully saturated rings. The molecule has 5 nitrogen and oxygen atoms in total. The number of fused-ring (bicyclic) bond motifs is 1. The van der Waals surface area contributed by atoms with Crippen molar-refractivity contribution in [3.8, 4) is 0 Å². The zero-order valence-corrected chi connectivity index (χ0v) is 13.0. The second-order valence-electron chi connectivity index (χ2n) is 5.01. The van der Waals surface area contributed by atoms with Crippen LogP contribution in [0.2, 0.25) is 0 Å². The Morgan fingerprint density at radius 1 is 1.36 bits per heavy atom. The molecule has 0 unspecified atom stereocenters. The van der Waals surface area contributed by atoms with Gasteiger partial charge in [-0.15, -0.1) is 11.3 Å². The van der Waals surface area contributed by atoms with Gasteiger partial charge in [0.15, 0.2) is 0 Å². The van der Waals surface area contributed by atoms with Crippen molar-refractivity contribution >= 4 is 34.5 Å². The summed E-state index contributed by atoms with van der Waals surface area (Å²) in [6, 6.07) is 9.33. The minimum Gasteiger partial charge on any atom is -0.375 e. The molecule has 1 N–H and O–H groups in total. The smallest absolute Gasteiger partial charge is 0.268 e. The maximum atomic E-state index is 12.5. The summed E-state index contributed by atoms with van der Waals surface area (Å²) in [5, 5.41) is 4.68. The van der Waals surface area contributed by atoms with Crippen molar-refractivity contribution < 1.29 is 14.3 Å². The molecular formula is C16H16N2O3S. The van der Waals surface area contributed by atoms with Crippen LogP contribution in [0.3, 0.4) is 0 Å². The van der Waals surface area contributed by atoms with Crippen molar-refractivity contribution in [3.05, 3.63) is 46.2 Å². The summed E-state index contributed by atoms with van der Waals surface area (Å²) in [5.41, 5.74) is 2.72. The molecule has 0 bridgehead atoms. The molecular weight excluding hydrogens is 300 g/mol. The lowest BCUT2D eigenvalue weighted by Crippen LogP contribution is -2.28. The van der Waals surface area contributed by atoms with Crippen molar-refractivity contribution in [2.45, 2.75) is 6.42 Å². The van der Waals surface area contributed by atoms with E-state index in [0.29, 0.717) is 6.54 Å². The minimum absolute atomic E-state index is 0.0279. The Kier molecular flexibility index (Phi) is 4.22. The maximum absolute atomic E-state index is 12.5. The largest absolute Gasteiger partial charge is 0.375 e. The quantitative estimate of drug-likeness (QED) is 0.943. The van der Waals surface area contributed by atoms with E-state index in [1.54, 1.807) is 4.90 Å². The molecule has 0 radical (unpaired) electrons. The lowest BCUT2D eigenvalue weighted by Gasteiger charge is -2.16. The van der Waals surface area contributed by atoms with Gasteiger partial charge in [-0.1, -0.05) is 6.07 Å². The minimum atomic E-state index is -0.188. The highest BCUT2D eigenvalue weighted by atomic mass is 32.1.